The van der Waals surface area contributed by atoms with Crippen LogP contribution in [0.4, 0.5) is 0 Å². The zero-order chi connectivity index (χ0) is 13.4. The van der Waals surface area contributed by atoms with E-state index >= 15 is 0 Å². The molecule has 98 valence electrons. The Morgan fingerprint density at radius 3 is 1.56 bits per heavy atom. The van der Waals surface area contributed by atoms with Gasteiger partial charge in [-0.2, -0.15) is 5.26 Å². The summed E-state index contributed by atoms with van der Waals surface area (Å²) < 4.78 is 0. The topological polar surface area (TPSA) is 108 Å². The number of nitriles is 1. The fraction of sp³-hybridized carbons (Fsp3) is 0.889. The van der Waals surface area contributed by atoms with Gasteiger partial charge in [0.1, 0.15) is 0 Å². The van der Waals surface area contributed by atoms with Crippen LogP contribution in [0.1, 0.15) is 34.1 Å². The molecule has 0 radical (unpaired) electrons. The van der Waals surface area contributed by atoms with Crippen LogP contribution in [0.25, 0.3) is 0 Å². The van der Waals surface area contributed by atoms with Crippen LogP contribution >= 0.6 is 8.17 Å². The third-order valence-corrected chi connectivity index (χ3v) is 1.81. The van der Waals surface area contributed by atoms with Crippen LogP contribution < -0.4 is 0 Å². The number of nitrogens with zero attached hydrogens (tertiary/aromatic N) is 2. The third-order valence-electron chi connectivity index (χ3n) is 1.81. The fourth-order valence-corrected chi connectivity index (χ4v) is 1.29. The van der Waals surface area contributed by atoms with Gasteiger partial charge in [-0.3, -0.25) is 4.90 Å². The number of rotatable bonds is 4. The molecule has 0 bridgehead atoms. The van der Waals surface area contributed by atoms with Crippen molar-refractivity contribution in [3.05, 3.63) is 0 Å². The van der Waals surface area contributed by atoms with Crippen molar-refractivity contribution in [2.24, 2.45) is 0 Å². The first kappa shape index (κ1) is 18.1. The Labute approximate surface area is 97.4 Å². The molecule has 0 saturated heterocycles. The molecule has 0 aromatic heterocycles. The van der Waals surface area contributed by atoms with Crippen molar-refractivity contribution in [1.82, 2.24) is 4.90 Å². The molecule has 0 spiro atoms. The van der Waals surface area contributed by atoms with Crippen LogP contribution in [-0.2, 0) is 0 Å². The fourth-order valence-electron chi connectivity index (χ4n) is 1.29. The van der Waals surface area contributed by atoms with Gasteiger partial charge in [0.25, 0.3) is 0 Å². The van der Waals surface area contributed by atoms with Crippen molar-refractivity contribution in [3.8, 4) is 6.07 Å². The summed E-state index contributed by atoms with van der Waals surface area (Å²) in [4.78, 5) is 31.6. The van der Waals surface area contributed by atoms with E-state index in [1.54, 1.807) is 0 Å². The van der Waals surface area contributed by atoms with Crippen LogP contribution in [-0.4, -0.2) is 43.1 Å². The summed E-state index contributed by atoms with van der Waals surface area (Å²) in [6, 6.07) is 3.26. The van der Waals surface area contributed by atoms with Gasteiger partial charge >= 0.3 is 27.7 Å². The minimum absolute atomic E-state index is 0.545. The van der Waals surface area contributed by atoms with Gasteiger partial charge in [0.05, 0.1) is 6.07 Å². The van der Waals surface area contributed by atoms with Crippen molar-refractivity contribution in [3.63, 3.8) is 0 Å². The van der Waals surface area contributed by atoms with Crippen LogP contribution in [0.3, 0.4) is 0 Å². The Bertz CT molecular complexity index is 197. The van der Waals surface area contributed by atoms with E-state index in [1.165, 1.54) is 0 Å². The zero-order valence-corrected chi connectivity index (χ0v) is 11.3. The second-order valence-electron chi connectivity index (χ2n) is 3.93. The summed E-state index contributed by atoms with van der Waals surface area (Å²) in [5.74, 6) is 0. The summed E-state index contributed by atoms with van der Waals surface area (Å²) in [6.07, 6.45) is 0.635. The normalized spacial score (nSPS) is 12.4. The Hall–Kier alpha value is -0.280. The van der Waals surface area contributed by atoms with Gasteiger partial charge in [0.2, 0.25) is 0 Å². The molecule has 0 amide bonds. The monoisotopic (exact) mass is 254 g/mol. The van der Waals surface area contributed by atoms with Crippen LogP contribution in [0.15, 0.2) is 0 Å². The van der Waals surface area contributed by atoms with E-state index in [0.717, 1.165) is 6.54 Å². The van der Waals surface area contributed by atoms with E-state index in [-0.39, 0.29) is 0 Å². The van der Waals surface area contributed by atoms with Crippen molar-refractivity contribution < 1.29 is 19.6 Å². The minimum atomic E-state index is -4.61. The molecule has 0 fully saturated rings. The molecule has 0 heterocycles. The molecule has 0 aliphatic rings. The van der Waals surface area contributed by atoms with Gasteiger partial charge in [0.15, 0.2) is 0 Å². The SMILES string of the molecule is CC(C)N(CCC#N)C(C)C.O[PH](O)(O)O. The molecular formula is C9H23N2O4P. The van der Waals surface area contributed by atoms with Crippen molar-refractivity contribution in [1.29, 1.82) is 5.26 Å². The Morgan fingerprint density at radius 2 is 1.38 bits per heavy atom. The summed E-state index contributed by atoms with van der Waals surface area (Å²) in [7, 11) is -4.61. The van der Waals surface area contributed by atoms with E-state index in [2.05, 4.69) is 38.7 Å². The molecule has 0 aliphatic heterocycles. The number of hydrogen-bond donors (Lipinski definition) is 4. The predicted molar refractivity (Wildman–Crippen MR) is 64.4 cm³/mol. The van der Waals surface area contributed by atoms with Gasteiger partial charge in [0, 0.05) is 25.0 Å². The van der Waals surface area contributed by atoms with Crippen molar-refractivity contribution in [2.75, 3.05) is 6.54 Å². The quantitative estimate of drug-likeness (QED) is 0.540. The van der Waals surface area contributed by atoms with Crippen molar-refractivity contribution in [2.45, 2.75) is 46.2 Å². The molecule has 0 aromatic carbocycles. The standard InChI is InChI=1S/C9H18N2.H5O4P/c1-8(2)11(9(3)4)7-5-6-10;1-5(2,3)4/h8-9H,5,7H2,1-4H3;1-5H. The first-order valence-corrected chi connectivity index (χ1v) is 6.90. The molecule has 0 aliphatic carbocycles. The van der Waals surface area contributed by atoms with Crippen LogP contribution in [0.5, 0.6) is 0 Å². The van der Waals surface area contributed by atoms with E-state index in [9.17, 15) is 0 Å². The summed E-state index contributed by atoms with van der Waals surface area (Å²) >= 11 is 0. The van der Waals surface area contributed by atoms with Crippen LogP contribution in [0.2, 0.25) is 0 Å². The molecule has 0 unspecified atom stereocenters. The van der Waals surface area contributed by atoms with Gasteiger partial charge in [-0.1, -0.05) is 0 Å². The first-order chi connectivity index (χ1) is 7.09. The average molecular weight is 254 g/mol. The first-order valence-electron chi connectivity index (χ1n) is 5.11. The molecule has 4 N–H and O–H groups in total. The molecule has 0 saturated carbocycles. The number of hydrogen-bond acceptors (Lipinski definition) is 6. The Kier molecular flexibility index (Phi) is 9.98. The summed E-state index contributed by atoms with van der Waals surface area (Å²) in [6.45, 7) is 9.55. The average Bonchev–Trinajstić information content (AvgIpc) is 2.00. The Morgan fingerprint density at radius 1 is 1.06 bits per heavy atom. The summed E-state index contributed by atoms with van der Waals surface area (Å²) in [5.41, 5.74) is 0. The molecular weight excluding hydrogens is 231 g/mol. The molecule has 0 aromatic rings. The maximum absolute atomic E-state index is 8.40. The molecule has 7 heteroatoms. The van der Waals surface area contributed by atoms with Crippen molar-refractivity contribution >= 4 is 8.17 Å². The second-order valence-corrected chi connectivity index (χ2v) is 5.13. The summed E-state index contributed by atoms with van der Waals surface area (Å²) in [5, 5.41) is 8.40. The second kappa shape index (κ2) is 8.82. The van der Waals surface area contributed by atoms with E-state index < -0.39 is 8.17 Å². The van der Waals surface area contributed by atoms with E-state index in [0.29, 0.717) is 18.5 Å². The molecule has 6 nitrogen and oxygen atoms in total. The predicted octanol–water partition coefficient (Wildman–Crippen LogP) is 0.384. The molecule has 0 rings (SSSR count). The Balaban J connectivity index is 0. The van der Waals surface area contributed by atoms with Gasteiger partial charge in [-0.25, -0.2) is 0 Å². The van der Waals surface area contributed by atoms with Gasteiger partial charge in [-0.05, 0) is 27.7 Å². The molecule has 0 atom stereocenters. The molecule has 16 heavy (non-hydrogen) atoms. The van der Waals surface area contributed by atoms with Crippen LogP contribution in [0, 0.1) is 11.3 Å². The van der Waals surface area contributed by atoms with E-state index in [1.807, 2.05) is 0 Å². The van der Waals surface area contributed by atoms with Gasteiger partial charge in [-0.15, -0.1) is 0 Å². The van der Waals surface area contributed by atoms with E-state index in [4.69, 9.17) is 24.8 Å². The third kappa shape index (κ3) is 16.2. The maximum atomic E-state index is 8.40. The van der Waals surface area contributed by atoms with Gasteiger partial charge < -0.3 is 0 Å². The zero-order valence-electron chi connectivity index (χ0n) is 10.3.